The molecule has 20 heteroatoms. The van der Waals surface area contributed by atoms with Gasteiger partial charge in [0.2, 0.25) is 0 Å². The molecule has 6 atom stereocenters. The Morgan fingerprint density at radius 3 is 1.35 bits per heavy atom. The number of thiophene rings is 2. The van der Waals surface area contributed by atoms with Gasteiger partial charge >= 0.3 is 23.9 Å². The average Bonchev–Trinajstić information content (AvgIpc) is 4.21. The highest BCUT2D eigenvalue weighted by Crippen LogP contribution is 2.41. The van der Waals surface area contributed by atoms with E-state index in [1.807, 2.05) is 95.7 Å². The van der Waals surface area contributed by atoms with Gasteiger partial charge in [-0.15, -0.1) is 22.7 Å². The van der Waals surface area contributed by atoms with Gasteiger partial charge in [0.15, 0.2) is 0 Å². The number of benzene rings is 4. The van der Waals surface area contributed by atoms with E-state index in [2.05, 4.69) is 70.0 Å². The third kappa shape index (κ3) is 15.0. The minimum absolute atomic E-state index is 0.300. The van der Waals surface area contributed by atoms with Crippen molar-refractivity contribution >= 4 is 112 Å². The van der Waals surface area contributed by atoms with Crippen molar-refractivity contribution in [1.82, 2.24) is 19.8 Å². The number of aromatic nitrogens is 2. The molecule has 0 amide bonds. The molecule has 0 bridgehead atoms. The number of carbonyl (C=O) groups is 4. The van der Waals surface area contributed by atoms with Gasteiger partial charge in [-0.2, -0.15) is 0 Å². The van der Waals surface area contributed by atoms with Crippen LogP contribution in [0.15, 0.2) is 109 Å². The minimum Gasteiger partial charge on any atom is -0.490 e. The molecule has 8 N–H and O–H groups in total. The first-order valence-corrected chi connectivity index (χ1v) is 26.3. The molecule has 10 rings (SSSR count). The van der Waals surface area contributed by atoms with Gasteiger partial charge in [-0.1, -0.05) is 47.5 Å². The summed E-state index contributed by atoms with van der Waals surface area (Å²) in [7, 11) is 0. The summed E-state index contributed by atoms with van der Waals surface area (Å²) >= 11 is 16.0. The fourth-order valence-electron chi connectivity index (χ4n) is 9.34. The Labute approximate surface area is 444 Å². The van der Waals surface area contributed by atoms with Gasteiger partial charge in [0.1, 0.15) is 36.9 Å². The molecule has 2 saturated heterocycles. The van der Waals surface area contributed by atoms with Crippen LogP contribution in [-0.2, 0) is 19.2 Å². The molecule has 74 heavy (non-hydrogen) atoms. The van der Waals surface area contributed by atoms with Crippen LogP contribution in [0.25, 0.3) is 42.0 Å². The quantitative estimate of drug-likeness (QED) is 0.0531. The molecule has 2 aliphatic heterocycles. The molecular formula is C54H58Cl2N4O12S2. The zero-order valence-corrected chi connectivity index (χ0v) is 43.7. The lowest BCUT2D eigenvalue weighted by Gasteiger charge is -2.38. The van der Waals surface area contributed by atoms with Crippen LogP contribution in [0.3, 0.4) is 0 Å². The lowest BCUT2D eigenvalue weighted by molar-refractivity contribution is -0.159. The first kappa shape index (κ1) is 55.5. The number of nitrogens with zero attached hydrogens (tertiary/aromatic N) is 2. The average molecular weight is 1090 g/mol. The molecule has 4 aromatic carbocycles. The highest BCUT2D eigenvalue weighted by Gasteiger charge is 2.30. The maximum atomic E-state index is 10.6. The number of halogens is 2. The second kappa shape index (κ2) is 25.8. The van der Waals surface area contributed by atoms with E-state index in [1.165, 1.54) is 29.9 Å². The zero-order chi connectivity index (χ0) is 53.1. The number of aromatic amines is 2. The maximum Gasteiger partial charge on any atom is 0.414 e. The van der Waals surface area contributed by atoms with E-state index in [1.54, 1.807) is 0 Å². The summed E-state index contributed by atoms with van der Waals surface area (Å²) in [6.45, 7) is 8.39. The molecule has 0 spiro atoms. The van der Waals surface area contributed by atoms with Gasteiger partial charge in [-0.3, -0.25) is 9.80 Å². The van der Waals surface area contributed by atoms with Crippen molar-refractivity contribution < 1.29 is 59.3 Å². The molecule has 8 aromatic rings. The van der Waals surface area contributed by atoms with Crippen LogP contribution < -0.4 is 9.47 Å². The van der Waals surface area contributed by atoms with Gasteiger partial charge in [0.25, 0.3) is 0 Å². The number of carboxylic acid groups (broad SMARTS) is 4. The van der Waals surface area contributed by atoms with Crippen molar-refractivity contribution in [1.29, 1.82) is 0 Å². The number of rotatable bonds is 12. The molecule has 0 aliphatic carbocycles. The third-order valence-corrected chi connectivity index (χ3v) is 16.1. The Bertz CT molecular complexity index is 2960. The van der Waals surface area contributed by atoms with E-state index in [4.69, 9.17) is 72.3 Å². The van der Waals surface area contributed by atoms with Gasteiger partial charge < -0.3 is 50.1 Å². The van der Waals surface area contributed by atoms with Crippen LogP contribution in [-0.4, -0.2) is 138 Å². The number of β-amino-alcohol motifs (C(OH)–C–C–N with tert-alkyl or cyclic N) is 2. The number of nitrogens with one attached hydrogen (secondary N) is 2. The number of hydrogen-bond acceptors (Lipinski definition) is 12. The van der Waals surface area contributed by atoms with Crippen molar-refractivity contribution in [3.8, 4) is 11.5 Å². The Hall–Kier alpha value is -6.22. The summed E-state index contributed by atoms with van der Waals surface area (Å²) in [6, 6.07) is 33.7. The Morgan fingerprint density at radius 1 is 0.595 bits per heavy atom. The minimum atomic E-state index is -1.82. The fourth-order valence-corrected chi connectivity index (χ4v) is 12.3. The highest BCUT2D eigenvalue weighted by molar-refractivity contribution is 7.19. The second-order valence-electron chi connectivity index (χ2n) is 18.3. The second-order valence-corrected chi connectivity index (χ2v) is 21.4. The van der Waals surface area contributed by atoms with Crippen molar-refractivity contribution in [2.75, 3.05) is 39.4 Å². The molecule has 2 fully saturated rings. The zero-order valence-electron chi connectivity index (χ0n) is 40.5. The van der Waals surface area contributed by atoms with E-state index in [0.29, 0.717) is 50.2 Å². The molecule has 392 valence electrons. The number of fused-ring (bicyclic) bond motifs is 4. The van der Waals surface area contributed by atoms with E-state index in [0.717, 1.165) is 82.1 Å². The number of ether oxygens (including phenoxy) is 2. The third-order valence-electron chi connectivity index (χ3n) is 13.1. The Morgan fingerprint density at radius 2 is 0.986 bits per heavy atom. The number of aliphatic hydroxyl groups is 2. The SMILES string of the molecule is C[C@@H]1C[C@H](c2cc3ccc(Cl)cc3s2)CCN1C[C@H](O)COc1cccc2[nH]ccc12.C[C@H]1C[C@@H](c2cc3ccc(Cl)cc3s2)CCN1C[C@H](O)COc1cccc2[nH]ccc12.O=C(O)C(=O)O.O=C(O)C(=O)O. The van der Waals surface area contributed by atoms with Crippen LogP contribution in [0.1, 0.15) is 61.1 Å². The van der Waals surface area contributed by atoms with Crippen LogP contribution in [0.2, 0.25) is 10.0 Å². The number of aliphatic hydroxyl groups excluding tert-OH is 2. The Kier molecular flexibility index (Phi) is 19.4. The number of H-pyrrole nitrogens is 2. The predicted molar refractivity (Wildman–Crippen MR) is 290 cm³/mol. The van der Waals surface area contributed by atoms with Gasteiger partial charge in [-0.25, -0.2) is 19.2 Å². The molecule has 4 aromatic heterocycles. The van der Waals surface area contributed by atoms with Crippen LogP contribution >= 0.6 is 45.9 Å². The monoisotopic (exact) mass is 1090 g/mol. The first-order chi connectivity index (χ1) is 35.4. The van der Waals surface area contributed by atoms with Crippen LogP contribution in [0.5, 0.6) is 11.5 Å². The van der Waals surface area contributed by atoms with Crippen molar-refractivity contribution in [3.05, 3.63) is 129 Å². The van der Waals surface area contributed by atoms with Crippen LogP contribution in [0.4, 0.5) is 0 Å². The molecule has 0 saturated carbocycles. The van der Waals surface area contributed by atoms with Crippen molar-refractivity contribution in [3.63, 3.8) is 0 Å². The smallest absolute Gasteiger partial charge is 0.414 e. The summed E-state index contributed by atoms with van der Waals surface area (Å²) in [6.07, 6.45) is 7.23. The largest absolute Gasteiger partial charge is 0.490 e. The fraction of sp³-hybridized carbons (Fsp3) is 0.333. The predicted octanol–water partition coefficient (Wildman–Crippen LogP) is 10.4. The normalized spacial score (nSPS) is 18.8. The lowest BCUT2D eigenvalue weighted by atomic mass is 9.90. The standard InChI is InChI=1S/2C25H27ClN2O2S.2C2H2O4/c2*1-16-11-18(24-12-17-5-6-19(26)13-25(17)31-24)8-10-28(16)14-20(29)15-30-23-4-2-3-22-21(23)7-9-27-22;2*3-1(4)2(5)6/h2*2-7,9,12-13,16,18,20,27,29H,8,10-11,14-15H2,1H3;2*(H,3,4)(H,5,6)/t16-,18-,20+;16-,18-,20-;;/m10../s1. The van der Waals surface area contributed by atoms with E-state index in [9.17, 15) is 10.2 Å². The molecule has 0 unspecified atom stereocenters. The van der Waals surface area contributed by atoms with Gasteiger partial charge in [-0.05, 0) is 148 Å². The number of piperidine rings is 2. The highest BCUT2D eigenvalue weighted by atomic mass is 35.5. The first-order valence-electron chi connectivity index (χ1n) is 23.9. The lowest BCUT2D eigenvalue weighted by Crippen LogP contribution is -2.45. The number of aliphatic carboxylic acids is 4. The maximum absolute atomic E-state index is 10.6. The van der Waals surface area contributed by atoms with E-state index < -0.39 is 36.1 Å². The number of likely N-dealkylation sites (tertiary alicyclic amines) is 2. The number of carboxylic acids is 4. The topological polar surface area (TPSA) is 246 Å². The van der Waals surface area contributed by atoms with E-state index in [-0.39, 0.29) is 0 Å². The summed E-state index contributed by atoms with van der Waals surface area (Å²) in [5, 5.41) is 57.1. The number of hydrogen-bond donors (Lipinski definition) is 8. The van der Waals surface area contributed by atoms with Gasteiger partial charge in [0.05, 0.1) is 0 Å². The van der Waals surface area contributed by atoms with Crippen molar-refractivity contribution in [2.24, 2.45) is 0 Å². The summed E-state index contributed by atoms with van der Waals surface area (Å²) < 4.78 is 14.4. The molecule has 2 aliphatic rings. The van der Waals surface area contributed by atoms with Crippen molar-refractivity contribution in [2.45, 2.75) is 75.7 Å². The molecule has 16 nitrogen and oxygen atoms in total. The summed E-state index contributed by atoms with van der Waals surface area (Å²) in [5.41, 5.74) is 2.09. The summed E-state index contributed by atoms with van der Waals surface area (Å²) in [5.74, 6) is -4.53. The Balaban J connectivity index is 0.000000177. The van der Waals surface area contributed by atoms with E-state index >= 15 is 0 Å². The van der Waals surface area contributed by atoms with Crippen LogP contribution in [0, 0.1) is 0 Å². The molecule has 0 radical (unpaired) electrons. The molecule has 6 heterocycles. The summed E-state index contributed by atoms with van der Waals surface area (Å²) in [4.78, 5) is 50.5. The molecular weight excluding hydrogens is 1030 g/mol. The van der Waals surface area contributed by atoms with Gasteiger partial charge in [0, 0.05) is 88.6 Å².